The lowest BCUT2D eigenvalue weighted by molar-refractivity contribution is -0.125. The van der Waals surface area contributed by atoms with E-state index in [1.54, 1.807) is 12.1 Å². The van der Waals surface area contributed by atoms with Crippen molar-refractivity contribution < 1.29 is 4.79 Å². The largest absolute Gasteiger partial charge is 0.353 e. The van der Waals surface area contributed by atoms with Crippen LogP contribution in [0.15, 0.2) is 24.3 Å². The molecule has 0 radical (unpaired) electrons. The average Bonchev–Trinajstić information content (AvgIpc) is 3.09. The summed E-state index contributed by atoms with van der Waals surface area (Å²) < 4.78 is 0. The second kappa shape index (κ2) is 9.48. The van der Waals surface area contributed by atoms with E-state index in [-0.39, 0.29) is 5.91 Å². The summed E-state index contributed by atoms with van der Waals surface area (Å²) in [6, 6.07) is 6.73. The van der Waals surface area contributed by atoms with Gasteiger partial charge in [0.25, 0.3) is 0 Å². The van der Waals surface area contributed by atoms with Crippen LogP contribution in [-0.2, 0) is 4.79 Å². The first-order chi connectivity index (χ1) is 12.1. The molecule has 8 heteroatoms. The first-order valence-electron chi connectivity index (χ1n) is 8.64. The van der Waals surface area contributed by atoms with Crippen LogP contribution in [0.4, 0.5) is 0 Å². The molecule has 0 saturated carbocycles. The van der Waals surface area contributed by atoms with Crippen molar-refractivity contribution in [1.82, 2.24) is 30.4 Å². The highest BCUT2D eigenvalue weighted by molar-refractivity contribution is 6.30. The Bertz CT molecular complexity index is 668. The van der Waals surface area contributed by atoms with Gasteiger partial charge >= 0.3 is 0 Å². The summed E-state index contributed by atoms with van der Waals surface area (Å²) in [7, 11) is 0. The average molecular weight is 365 g/mol. The fourth-order valence-electron chi connectivity index (χ4n) is 2.52. The highest BCUT2D eigenvalue weighted by atomic mass is 35.5. The van der Waals surface area contributed by atoms with E-state index in [0.717, 1.165) is 25.2 Å². The van der Waals surface area contributed by atoms with Crippen LogP contribution in [-0.4, -0.2) is 57.2 Å². The van der Waals surface area contributed by atoms with Gasteiger partial charge in [-0.3, -0.25) is 4.79 Å². The summed E-state index contributed by atoms with van der Waals surface area (Å²) in [5.74, 6) is 0.390. The Morgan fingerprint density at radius 1 is 1.24 bits per heavy atom. The number of rotatable bonds is 9. The fourth-order valence-corrected chi connectivity index (χ4v) is 2.65. The number of tetrazole rings is 1. The molecule has 0 aliphatic rings. The number of hydrogen-bond donors (Lipinski definition) is 1. The highest BCUT2D eigenvalue weighted by Gasteiger charge is 2.21. The van der Waals surface area contributed by atoms with Gasteiger partial charge in [-0.05, 0) is 49.0 Å². The van der Waals surface area contributed by atoms with Gasteiger partial charge in [-0.1, -0.05) is 32.4 Å². The summed E-state index contributed by atoms with van der Waals surface area (Å²) >= 11 is 5.89. The smallest absolute Gasteiger partial charge is 0.246 e. The molecule has 1 amide bonds. The van der Waals surface area contributed by atoms with Crippen LogP contribution in [0.2, 0.25) is 5.02 Å². The predicted octanol–water partition coefficient (Wildman–Crippen LogP) is 2.40. The van der Waals surface area contributed by atoms with Gasteiger partial charge in [0.15, 0.2) is 6.04 Å². The Kier molecular flexibility index (Phi) is 7.33. The normalized spacial score (nSPS) is 12.4. The molecule has 136 valence electrons. The minimum absolute atomic E-state index is 0.0882. The van der Waals surface area contributed by atoms with E-state index in [1.165, 1.54) is 4.80 Å². The van der Waals surface area contributed by atoms with Crippen molar-refractivity contribution in [3.05, 3.63) is 29.3 Å². The molecule has 0 saturated heterocycles. The number of halogens is 1. The first-order valence-corrected chi connectivity index (χ1v) is 9.02. The Labute approximate surface area is 153 Å². The number of nitrogens with zero attached hydrogens (tertiary/aromatic N) is 5. The van der Waals surface area contributed by atoms with Gasteiger partial charge in [-0.15, -0.1) is 10.2 Å². The molecule has 0 spiro atoms. The molecule has 1 unspecified atom stereocenters. The number of benzene rings is 1. The minimum atomic E-state index is -0.467. The zero-order valence-electron chi connectivity index (χ0n) is 14.9. The minimum Gasteiger partial charge on any atom is -0.353 e. The summed E-state index contributed by atoms with van der Waals surface area (Å²) in [6.07, 6.45) is 0.591. The maximum atomic E-state index is 12.4. The Morgan fingerprint density at radius 3 is 2.52 bits per heavy atom. The van der Waals surface area contributed by atoms with Crippen molar-refractivity contribution in [2.45, 2.75) is 33.2 Å². The van der Waals surface area contributed by atoms with Crippen molar-refractivity contribution >= 4 is 17.5 Å². The molecule has 1 N–H and O–H groups in total. The maximum absolute atomic E-state index is 12.4. The van der Waals surface area contributed by atoms with Gasteiger partial charge in [0, 0.05) is 23.7 Å². The van der Waals surface area contributed by atoms with Crippen molar-refractivity contribution in [2.75, 3.05) is 26.2 Å². The van der Waals surface area contributed by atoms with E-state index in [0.29, 0.717) is 23.8 Å². The third kappa shape index (κ3) is 5.24. The topological polar surface area (TPSA) is 75.9 Å². The van der Waals surface area contributed by atoms with Crippen molar-refractivity contribution in [3.8, 4) is 11.4 Å². The van der Waals surface area contributed by atoms with E-state index >= 15 is 0 Å². The van der Waals surface area contributed by atoms with Gasteiger partial charge < -0.3 is 10.2 Å². The van der Waals surface area contributed by atoms with Gasteiger partial charge in [-0.2, -0.15) is 4.80 Å². The number of amides is 1. The molecule has 2 rings (SSSR count). The third-order valence-corrected chi connectivity index (χ3v) is 4.37. The van der Waals surface area contributed by atoms with Crippen molar-refractivity contribution in [1.29, 1.82) is 0 Å². The molecule has 1 heterocycles. The van der Waals surface area contributed by atoms with Crippen molar-refractivity contribution in [3.63, 3.8) is 0 Å². The highest BCUT2D eigenvalue weighted by Crippen LogP contribution is 2.18. The van der Waals surface area contributed by atoms with Crippen LogP contribution in [0.3, 0.4) is 0 Å². The molecule has 25 heavy (non-hydrogen) atoms. The standard InChI is InChI=1S/C17H25ClN6O/c1-4-15(17(25)19-11-12-23(5-2)6-3)24-21-16(20-22-24)13-7-9-14(18)10-8-13/h7-10,15H,4-6,11-12H2,1-3H3,(H,19,25). The molecule has 1 aromatic carbocycles. The number of likely N-dealkylation sites (N-methyl/N-ethyl adjacent to an activating group) is 1. The number of nitrogens with one attached hydrogen (secondary N) is 1. The fraction of sp³-hybridized carbons (Fsp3) is 0.529. The molecule has 0 bridgehead atoms. The lowest BCUT2D eigenvalue weighted by Gasteiger charge is -2.19. The zero-order chi connectivity index (χ0) is 18.2. The lowest BCUT2D eigenvalue weighted by Crippen LogP contribution is -2.38. The SMILES string of the molecule is CCC(C(=O)NCCN(CC)CC)n1nnc(-c2ccc(Cl)cc2)n1. The summed E-state index contributed by atoms with van der Waals surface area (Å²) in [5.41, 5.74) is 0.812. The molecule has 0 fully saturated rings. The van der Waals surface area contributed by atoms with E-state index in [9.17, 15) is 4.79 Å². The Hall–Kier alpha value is -1.99. The molecular weight excluding hydrogens is 340 g/mol. The van der Waals surface area contributed by atoms with E-state index in [4.69, 9.17) is 11.6 Å². The summed E-state index contributed by atoms with van der Waals surface area (Å²) in [4.78, 5) is 16.1. The van der Waals surface area contributed by atoms with E-state index in [2.05, 4.69) is 39.5 Å². The lowest BCUT2D eigenvalue weighted by atomic mass is 10.2. The second-order valence-electron chi connectivity index (χ2n) is 5.68. The monoisotopic (exact) mass is 364 g/mol. The molecular formula is C17H25ClN6O. The quantitative estimate of drug-likeness (QED) is 0.739. The van der Waals surface area contributed by atoms with Crippen LogP contribution in [0.1, 0.15) is 33.2 Å². The second-order valence-corrected chi connectivity index (χ2v) is 6.12. The maximum Gasteiger partial charge on any atom is 0.246 e. The molecule has 2 aromatic rings. The number of aromatic nitrogens is 4. The van der Waals surface area contributed by atoms with Gasteiger partial charge in [0.05, 0.1) is 0 Å². The van der Waals surface area contributed by atoms with E-state index < -0.39 is 6.04 Å². The summed E-state index contributed by atoms with van der Waals surface area (Å²) in [5, 5.41) is 16.1. The van der Waals surface area contributed by atoms with Crippen LogP contribution in [0.25, 0.3) is 11.4 Å². The van der Waals surface area contributed by atoms with Gasteiger partial charge in [0.2, 0.25) is 11.7 Å². The number of hydrogen-bond acceptors (Lipinski definition) is 5. The van der Waals surface area contributed by atoms with E-state index in [1.807, 2.05) is 19.1 Å². The van der Waals surface area contributed by atoms with Crippen molar-refractivity contribution in [2.24, 2.45) is 0 Å². The molecule has 0 aliphatic carbocycles. The molecule has 7 nitrogen and oxygen atoms in total. The van der Waals surface area contributed by atoms with Crippen LogP contribution >= 0.6 is 11.6 Å². The van der Waals surface area contributed by atoms with Gasteiger partial charge in [-0.25, -0.2) is 0 Å². The summed E-state index contributed by atoms with van der Waals surface area (Å²) in [6.45, 7) is 9.53. The molecule has 1 atom stereocenters. The first kappa shape index (κ1) is 19.3. The van der Waals surface area contributed by atoms with Crippen LogP contribution in [0.5, 0.6) is 0 Å². The zero-order valence-corrected chi connectivity index (χ0v) is 15.7. The van der Waals surface area contributed by atoms with Gasteiger partial charge in [0.1, 0.15) is 0 Å². The Morgan fingerprint density at radius 2 is 1.92 bits per heavy atom. The third-order valence-electron chi connectivity index (χ3n) is 4.12. The van der Waals surface area contributed by atoms with Crippen LogP contribution < -0.4 is 5.32 Å². The number of carbonyl (C=O) groups is 1. The molecule has 1 aromatic heterocycles. The predicted molar refractivity (Wildman–Crippen MR) is 98.4 cm³/mol. The van der Waals surface area contributed by atoms with Crippen LogP contribution in [0, 0.1) is 0 Å². The Balaban J connectivity index is 2.00. The number of carbonyl (C=O) groups excluding carboxylic acids is 1. The molecule has 0 aliphatic heterocycles.